The number of hydrogen-bond acceptors (Lipinski definition) is 6. The van der Waals surface area contributed by atoms with Crippen LogP contribution in [0, 0.1) is 24.0 Å². The Bertz CT molecular complexity index is 630. The van der Waals surface area contributed by atoms with E-state index in [4.69, 9.17) is 16.3 Å². The highest BCUT2D eigenvalue weighted by Crippen LogP contribution is 2.28. The first kappa shape index (κ1) is 13.7. The molecule has 0 aliphatic heterocycles. The number of rotatable bonds is 4. The number of hydrogen-bond donors (Lipinski definition) is 0. The molecule has 0 saturated carbocycles. The number of nitro benzene ring substituents is 1. The molecule has 0 aliphatic rings. The van der Waals surface area contributed by atoms with Crippen LogP contribution in [0.1, 0.15) is 16.1 Å². The molecule has 0 unspecified atom stereocenters. The van der Waals surface area contributed by atoms with Gasteiger partial charge in [0.05, 0.1) is 4.92 Å². The normalized spacial score (nSPS) is 10.5. The first-order valence-electron chi connectivity index (χ1n) is 5.33. The summed E-state index contributed by atoms with van der Waals surface area (Å²) in [5, 5.41) is 19.0. The van der Waals surface area contributed by atoms with Crippen molar-refractivity contribution < 1.29 is 9.66 Å². The van der Waals surface area contributed by atoms with Gasteiger partial charge in [-0.3, -0.25) is 10.1 Å². The van der Waals surface area contributed by atoms with Crippen molar-refractivity contribution in [1.82, 2.24) is 10.2 Å². The van der Waals surface area contributed by atoms with Gasteiger partial charge < -0.3 is 4.74 Å². The maximum Gasteiger partial charge on any atom is 0.272 e. The summed E-state index contributed by atoms with van der Waals surface area (Å²) in [6.45, 7) is 3.67. The molecular weight excluding hydrogens is 290 g/mol. The van der Waals surface area contributed by atoms with Gasteiger partial charge in [-0.25, -0.2) is 0 Å². The lowest BCUT2D eigenvalue weighted by Gasteiger charge is -2.08. The Morgan fingerprint density at radius 3 is 2.68 bits per heavy atom. The summed E-state index contributed by atoms with van der Waals surface area (Å²) in [5.41, 5.74) is 1.35. The summed E-state index contributed by atoms with van der Waals surface area (Å²) in [6.07, 6.45) is 0. The number of halogens is 1. The summed E-state index contributed by atoms with van der Waals surface area (Å²) in [5.74, 6) is 0.592. The predicted octanol–water partition coefficient (Wildman–Crippen LogP) is 3.30. The number of nitro groups is 1. The van der Waals surface area contributed by atoms with Crippen LogP contribution in [0.15, 0.2) is 12.1 Å². The molecular formula is C11H10ClN3O3S. The Morgan fingerprint density at radius 1 is 1.37 bits per heavy atom. The molecule has 8 heteroatoms. The molecule has 0 atom stereocenters. The van der Waals surface area contributed by atoms with Crippen LogP contribution >= 0.6 is 22.9 Å². The molecule has 0 spiro atoms. The zero-order valence-electron chi connectivity index (χ0n) is 10.2. The van der Waals surface area contributed by atoms with Crippen LogP contribution in [-0.2, 0) is 6.61 Å². The highest BCUT2D eigenvalue weighted by Gasteiger charge is 2.14. The molecule has 1 aromatic carbocycles. The van der Waals surface area contributed by atoms with Gasteiger partial charge in [-0.2, -0.15) is 0 Å². The van der Waals surface area contributed by atoms with E-state index in [-0.39, 0.29) is 12.3 Å². The molecule has 0 N–H and O–H groups in total. The second-order valence-corrected chi connectivity index (χ2v) is 5.54. The number of benzene rings is 1. The van der Waals surface area contributed by atoms with Crippen LogP contribution in [0.25, 0.3) is 0 Å². The van der Waals surface area contributed by atoms with Crippen LogP contribution in [0.5, 0.6) is 5.75 Å². The Morgan fingerprint density at radius 2 is 2.11 bits per heavy atom. The molecule has 100 valence electrons. The van der Waals surface area contributed by atoms with Crippen molar-refractivity contribution >= 4 is 28.6 Å². The molecule has 2 rings (SSSR count). The average Bonchev–Trinajstić information content (AvgIpc) is 2.75. The van der Waals surface area contributed by atoms with Gasteiger partial charge in [0.15, 0.2) is 5.01 Å². The van der Waals surface area contributed by atoms with Gasteiger partial charge in [0.1, 0.15) is 12.4 Å². The first-order chi connectivity index (χ1) is 8.97. The number of aryl methyl sites for hydroxylation is 2. The van der Waals surface area contributed by atoms with Gasteiger partial charge in [0.25, 0.3) is 5.69 Å². The minimum absolute atomic E-state index is 0.0869. The van der Waals surface area contributed by atoms with Gasteiger partial charge in [0.2, 0.25) is 4.47 Å². The molecule has 1 aromatic heterocycles. The topological polar surface area (TPSA) is 78.2 Å². The second kappa shape index (κ2) is 5.50. The van der Waals surface area contributed by atoms with E-state index in [1.165, 1.54) is 17.4 Å². The third-order valence-corrected chi connectivity index (χ3v) is 3.48. The largest absolute Gasteiger partial charge is 0.486 e. The third-order valence-electron chi connectivity index (χ3n) is 2.48. The number of ether oxygens (including phenoxy) is 1. The molecule has 19 heavy (non-hydrogen) atoms. The zero-order chi connectivity index (χ0) is 14.0. The Balaban J connectivity index is 2.17. The Kier molecular flexibility index (Phi) is 3.96. The molecule has 6 nitrogen and oxygen atoms in total. The highest BCUT2D eigenvalue weighted by atomic mass is 35.5. The van der Waals surface area contributed by atoms with Crippen LogP contribution in [0.2, 0.25) is 4.47 Å². The van der Waals surface area contributed by atoms with Gasteiger partial charge in [-0.05, 0) is 37.1 Å². The number of aromatic nitrogens is 2. The van der Waals surface area contributed by atoms with Crippen molar-refractivity contribution in [2.75, 3.05) is 0 Å². The Labute approximate surface area is 118 Å². The van der Waals surface area contributed by atoms with E-state index in [2.05, 4.69) is 10.2 Å². The molecule has 0 bridgehead atoms. The molecule has 0 radical (unpaired) electrons. The van der Waals surface area contributed by atoms with Crippen molar-refractivity contribution in [1.29, 1.82) is 0 Å². The van der Waals surface area contributed by atoms with Crippen LogP contribution in [0.4, 0.5) is 5.69 Å². The fraction of sp³-hybridized carbons (Fsp3) is 0.273. The third kappa shape index (κ3) is 3.18. The monoisotopic (exact) mass is 299 g/mol. The van der Waals surface area contributed by atoms with E-state index in [0.717, 1.165) is 0 Å². The standard InChI is InChI=1S/C11H10ClN3O3S/c1-6-4-9(7(2)3-8(6)15(16)17)18-5-10-13-14-11(12)19-10/h3-4H,5H2,1-2H3. The van der Waals surface area contributed by atoms with Crippen LogP contribution in [-0.4, -0.2) is 15.1 Å². The minimum Gasteiger partial charge on any atom is -0.486 e. The summed E-state index contributed by atoms with van der Waals surface area (Å²) < 4.78 is 5.94. The first-order valence-corrected chi connectivity index (χ1v) is 6.53. The SMILES string of the molecule is Cc1cc([N+](=O)[O-])c(C)cc1OCc1nnc(Cl)s1. The summed E-state index contributed by atoms with van der Waals surface area (Å²) in [6, 6.07) is 3.15. The fourth-order valence-corrected chi connectivity index (χ4v) is 2.34. The smallest absolute Gasteiger partial charge is 0.272 e. The van der Waals surface area contributed by atoms with E-state index >= 15 is 0 Å². The average molecular weight is 300 g/mol. The van der Waals surface area contributed by atoms with Crippen LogP contribution < -0.4 is 4.74 Å². The highest BCUT2D eigenvalue weighted by molar-refractivity contribution is 7.15. The summed E-state index contributed by atoms with van der Waals surface area (Å²) in [7, 11) is 0. The second-order valence-electron chi connectivity index (χ2n) is 3.90. The molecule has 0 aliphatic carbocycles. The van der Waals surface area contributed by atoms with Gasteiger partial charge in [0, 0.05) is 11.6 Å². The predicted molar refractivity (Wildman–Crippen MR) is 71.8 cm³/mol. The lowest BCUT2D eigenvalue weighted by Crippen LogP contribution is -1.99. The maximum absolute atomic E-state index is 10.8. The lowest BCUT2D eigenvalue weighted by molar-refractivity contribution is -0.385. The Hall–Kier alpha value is -1.73. The maximum atomic E-state index is 10.8. The molecule has 0 saturated heterocycles. The van der Waals surface area contributed by atoms with Gasteiger partial charge in [-0.15, -0.1) is 10.2 Å². The van der Waals surface area contributed by atoms with Gasteiger partial charge >= 0.3 is 0 Å². The quantitative estimate of drug-likeness (QED) is 0.639. The zero-order valence-corrected chi connectivity index (χ0v) is 11.8. The van der Waals surface area contributed by atoms with Crippen molar-refractivity contribution in [2.24, 2.45) is 0 Å². The van der Waals surface area contributed by atoms with E-state index < -0.39 is 4.92 Å². The van der Waals surface area contributed by atoms with Crippen LogP contribution in [0.3, 0.4) is 0 Å². The molecule has 0 amide bonds. The van der Waals surface area contributed by atoms with E-state index in [1.807, 2.05) is 0 Å². The van der Waals surface area contributed by atoms with Crippen molar-refractivity contribution in [3.8, 4) is 5.75 Å². The van der Waals surface area contributed by atoms with Crippen molar-refractivity contribution in [3.63, 3.8) is 0 Å². The minimum atomic E-state index is -0.406. The molecule has 0 fully saturated rings. The molecule has 1 heterocycles. The van der Waals surface area contributed by atoms with Crippen molar-refractivity contribution in [3.05, 3.63) is 42.8 Å². The lowest BCUT2D eigenvalue weighted by atomic mass is 10.1. The summed E-state index contributed by atoms with van der Waals surface area (Å²) >= 11 is 6.90. The van der Waals surface area contributed by atoms with E-state index in [1.54, 1.807) is 19.9 Å². The fourth-order valence-electron chi connectivity index (χ4n) is 1.56. The molecule has 2 aromatic rings. The van der Waals surface area contributed by atoms with E-state index in [9.17, 15) is 10.1 Å². The summed E-state index contributed by atoms with van der Waals surface area (Å²) in [4.78, 5) is 10.4. The van der Waals surface area contributed by atoms with Gasteiger partial charge in [-0.1, -0.05) is 11.3 Å². The van der Waals surface area contributed by atoms with Crippen molar-refractivity contribution in [2.45, 2.75) is 20.5 Å². The number of nitrogens with zero attached hydrogens (tertiary/aromatic N) is 3. The van der Waals surface area contributed by atoms with E-state index in [0.29, 0.717) is 26.4 Å².